The molecule has 1 saturated heterocycles. The molecule has 7 heteroatoms. The largest absolute Gasteiger partial charge is 0.495 e. The fourth-order valence-corrected chi connectivity index (χ4v) is 4.49. The number of anilines is 1. The molecule has 188 valence electrons. The van der Waals surface area contributed by atoms with Gasteiger partial charge in [0.1, 0.15) is 5.75 Å². The zero-order valence-electron chi connectivity index (χ0n) is 21.2. The second kappa shape index (κ2) is 11.2. The van der Waals surface area contributed by atoms with E-state index in [1.807, 2.05) is 17.0 Å². The summed E-state index contributed by atoms with van der Waals surface area (Å²) in [6, 6.07) is 18.7. The van der Waals surface area contributed by atoms with Crippen LogP contribution in [0, 0.1) is 13.8 Å². The van der Waals surface area contributed by atoms with E-state index >= 15 is 0 Å². The van der Waals surface area contributed by atoms with Crippen LogP contribution in [0.3, 0.4) is 0 Å². The molecule has 1 N–H and O–H groups in total. The summed E-state index contributed by atoms with van der Waals surface area (Å²) in [6.45, 7) is 4.68. The van der Waals surface area contributed by atoms with Crippen LogP contribution in [0.5, 0.6) is 17.2 Å². The number of benzene rings is 3. The highest BCUT2D eigenvalue weighted by Gasteiger charge is 2.31. The van der Waals surface area contributed by atoms with Gasteiger partial charge < -0.3 is 24.4 Å². The molecule has 3 aromatic carbocycles. The lowest BCUT2D eigenvalue weighted by Gasteiger charge is -2.26. The molecule has 4 rings (SSSR count). The summed E-state index contributed by atoms with van der Waals surface area (Å²) in [5.74, 6) is 0.959. The van der Waals surface area contributed by atoms with Crippen molar-refractivity contribution in [2.24, 2.45) is 0 Å². The topological polar surface area (TPSA) is 77.1 Å². The van der Waals surface area contributed by atoms with E-state index in [-0.39, 0.29) is 24.5 Å². The molecule has 0 aliphatic carbocycles. The molecule has 1 heterocycles. The lowest BCUT2D eigenvalue weighted by molar-refractivity contribution is -0.118. The number of amides is 2. The SMILES string of the molecule is COc1ccccc1NC(=O)COc1ccc(C(=O)N2CCCC2c2ccc(C)c(C)c2)cc1OC. The average molecular weight is 489 g/mol. The molecule has 0 saturated carbocycles. The molecule has 1 unspecified atom stereocenters. The van der Waals surface area contributed by atoms with Crippen LogP contribution in [0.2, 0.25) is 0 Å². The smallest absolute Gasteiger partial charge is 0.262 e. The molecular weight excluding hydrogens is 456 g/mol. The summed E-state index contributed by atoms with van der Waals surface area (Å²) >= 11 is 0. The fourth-order valence-electron chi connectivity index (χ4n) is 4.49. The molecule has 1 aliphatic rings. The Balaban J connectivity index is 1.44. The van der Waals surface area contributed by atoms with Gasteiger partial charge in [0.05, 0.1) is 25.9 Å². The zero-order valence-corrected chi connectivity index (χ0v) is 21.2. The van der Waals surface area contributed by atoms with Crippen molar-refractivity contribution >= 4 is 17.5 Å². The third-order valence-corrected chi connectivity index (χ3v) is 6.58. The number of hydrogen-bond acceptors (Lipinski definition) is 5. The quantitative estimate of drug-likeness (QED) is 0.465. The van der Waals surface area contributed by atoms with Gasteiger partial charge in [0, 0.05) is 12.1 Å². The molecule has 0 bridgehead atoms. The minimum absolute atomic E-state index is 0.0468. The maximum absolute atomic E-state index is 13.4. The van der Waals surface area contributed by atoms with E-state index in [2.05, 4.69) is 37.4 Å². The number of carbonyl (C=O) groups excluding carboxylic acids is 2. The molecule has 7 nitrogen and oxygen atoms in total. The van der Waals surface area contributed by atoms with Gasteiger partial charge >= 0.3 is 0 Å². The molecule has 0 spiro atoms. The van der Waals surface area contributed by atoms with Crippen molar-refractivity contribution < 1.29 is 23.8 Å². The molecular formula is C29H32N2O5. The van der Waals surface area contributed by atoms with Gasteiger partial charge in [0.15, 0.2) is 18.1 Å². The first kappa shape index (κ1) is 25.1. The van der Waals surface area contributed by atoms with Gasteiger partial charge in [-0.2, -0.15) is 0 Å². The Hall–Kier alpha value is -4.00. The van der Waals surface area contributed by atoms with Crippen LogP contribution in [0.4, 0.5) is 5.69 Å². The van der Waals surface area contributed by atoms with Crippen LogP contribution in [0.15, 0.2) is 60.7 Å². The summed E-state index contributed by atoms with van der Waals surface area (Å²) in [7, 11) is 3.06. The number of aryl methyl sites for hydroxylation is 2. The van der Waals surface area contributed by atoms with Crippen LogP contribution in [-0.2, 0) is 4.79 Å². The summed E-state index contributed by atoms with van der Waals surface area (Å²) in [4.78, 5) is 27.8. The lowest BCUT2D eigenvalue weighted by atomic mass is 9.99. The molecule has 1 atom stereocenters. The molecule has 0 aromatic heterocycles. The van der Waals surface area contributed by atoms with E-state index in [0.717, 1.165) is 18.4 Å². The Morgan fingerprint density at radius 3 is 2.44 bits per heavy atom. The predicted octanol–water partition coefficient (Wildman–Crippen LogP) is 5.32. The number of ether oxygens (including phenoxy) is 3. The van der Waals surface area contributed by atoms with Crippen molar-refractivity contribution in [2.45, 2.75) is 32.7 Å². The predicted molar refractivity (Wildman–Crippen MR) is 139 cm³/mol. The number of methoxy groups -OCH3 is 2. The lowest BCUT2D eigenvalue weighted by Crippen LogP contribution is -2.30. The van der Waals surface area contributed by atoms with Gasteiger partial charge in [0.25, 0.3) is 11.8 Å². The van der Waals surface area contributed by atoms with Gasteiger partial charge in [-0.05, 0) is 73.7 Å². The number of likely N-dealkylation sites (tertiary alicyclic amines) is 1. The van der Waals surface area contributed by atoms with Crippen molar-refractivity contribution in [3.05, 3.63) is 82.9 Å². The number of rotatable bonds is 8. The van der Waals surface area contributed by atoms with Crippen LogP contribution < -0.4 is 19.5 Å². The average Bonchev–Trinajstić information content (AvgIpc) is 3.39. The molecule has 1 aliphatic heterocycles. The van der Waals surface area contributed by atoms with E-state index in [9.17, 15) is 9.59 Å². The Bertz CT molecular complexity index is 1260. The van der Waals surface area contributed by atoms with Gasteiger partial charge in [-0.3, -0.25) is 9.59 Å². The van der Waals surface area contributed by atoms with Gasteiger partial charge in [-0.1, -0.05) is 30.3 Å². The van der Waals surface area contributed by atoms with E-state index in [1.54, 1.807) is 37.4 Å². The minimum atomic E-state index is -0.338. The minimum Gasteiger partial charge on any atom is -0.495 e. The number of para-hydroxylation sites is 2. The van der Waals surface area contributed by atoms with Gasteiger partial charge in [0.2, 0.25) is 0 Å². The second-order valence-electron chi connectivity index (χ2n) is 8.90. The first-order valence-electron chi connectivity index (χ1n) is 12.0. The van der Waals surface area contributed by atoms with Crippen molar-refractivity contribution in [3.8, 4) is 17.2 Å². The van der Waals surface area contributed by atoms with Crippen LogP contribution >= 0.6 is 0 Å². The number of nitrogens with zero attached hydrogens (tertiary/aromatic N) is 1. The Morgan fingerprint density at radius 1 is 0.917 bits per heavy atom. The maximum Gasteiger partial charge on any atom is 0.262 e. The van der Waals surface area contributed by atoms with Crippen molar-refractivity contribution in [3.63, 3.8) is 0 Å². The highest BCUT2D eigenvalue weighted by molar-refractivity contribution is 5.95. The summed E-state index contributed by atoms with van der Waals surface area (Å²) < 4.78 is 16.4. The highest BCUT2D eigenvalue weighted by Crippen LogP contribution is 2.35. The van der Waals surface area contributed by atoms with Gasteiger partial charge in [-0.15, -0.1) is 0 Å². The normalized spacial score (nSPS) is 14.9. The first-order valence-corrected chi connectivity index (χ1v) is 12.0. The third-order valence-electron chi connectivity index (χ3n) is 6.58. The Kier molecular flexibility index (Phi) is 7.78. The molecule has 3 aromatic rings. The Morgan fingerprint density at radius 2 is 1.69 bits per heavy atom. The Labute approximate surface area is 212 Å². The highest BCUT2D eigenvalue weighted by atomic mass is 16.5. The standard InChI is InChI=1S/C29H32N2O5/c1-19-11-12-21(16-20(19)2)24-9-7-15-31(24)29(33)22-13-14-26(27(17-22)35-4)36-18-28(32)30-23-8-5-6-10-25(23)34-3/h5-6,8,10-14,16-17,24H,7,9,15,18H2,1-4H3,(H,30,32). The third kappa shape index (κ3) is 5.46. The first-order chi connectivity index (χ1) is 17.4. The van der Waals surface area contributed by atoms with Crippen molar-refractivity contribution in [1.29, 1.82) is 0 Å². The fraction of sp³-hybridized carbons (Fsp3) is 0.310. The maximum atomic E-state index is 13.4. The number of hydrogen-bond donors (Lipinski definition) is 1. The van der Waals surface area contributed by atoms with E-state index < -0.39 is 0 Å². The van der Waals surface area contributed by atoms with Gasteiger partial charge in [-0.25, -0.2) is 0 Å². The monoisotopic (exact) mass is 488 g/mol. The molecule has 0 radical (unpaired) electrons. The van der Waals surface area contributed by atoms with Crippen LogP contribution in [0.25, 0.3) is 0 Å². The van der Waals surface area contributed by atoms with Crippen molar-refractivity contribution in [1.82, 2.24) is 4.90 Å². The molecule has 36 heavy (non-hydrogen) atoms. The summed E-state index contributed by atoms with van der Waals surface area (Å²) in [5, 5.41) is 2.77. The van der Waals surface area contributed by atoms with Crippen LogP contribution in [-0.4, -0.2) is 44.1 Å². The zero-order chi connectivity index (χ0) is 25.7. The molecule has 1 fully saturated rings. The van der Waals surface area contributed by atoms with Crippen LogP contribution in [0.1, 0.15) is 45.9 Å². The number of nitrogens with one attached hydrogen (secondary N) is 1. The van der Waals surface area contributed by atoms with E-state index in [1.165, 1.54) is 18.2 Å². The molecule has 2 amide bonds. The van der Waals surface area contributed by atoms with E-state index in [4.69, 9.17) is 14.2 Å². The summed E-state index contributed by atoms with van der Waals surface area (Å²) in [6.07, 6.45) is 1.90. The van der Waals surface area contributed by atoms with E-state index in [0.29, 0.717) is 35.0 Å². The van der Waals surface area contributed by atoms with Crippen molar-refractivity contribution in [2.75, 3.05) is 32.7 Å². The second-order valence-corrected chi connectivity index (χ2v) is 8.90. The summed E-state index contributed by atoms with van der Waals surface area (Å²) in [5.41, 5.74) is 4.71. The number of carbonyl (C=O) groups is 2.